The first-order chi connectivity index (χ1) is 9.28. The maximum Gasteiger partial charge on any atom is 0.407 e. The fourth-order valence-electron chi connectivity index (χ4n) is 1.96. The molecule has 1 aromatic rings. The van der Waals surface area contributed by atoms with Crippen LogP contribution in [0.4, 0.5) is 4.79 Å². The van der Waals surface area contributed by atoms with E-state index in [0.717, 1.165) is 27.8 Å². The van der Waals surface area contributed by atoms with Crippen molar-refractivity contribution in [1.29, 1.82) is 0 Å². The lowest BCUT2D eigenvalue weighted by atomic mass is 10.1. The van der Waals surface area contributed by atoms with E-state index in [1.54, 1.807) is 6.07 Å². The van der Waals surface area contributed by atoms with Crippen molar-refractivity contribution in [3.8, 4) is 5.75 Å². The van der Waals surface area contributed by atoms with Gasteiger partial charge in [0.1, 0.15) is 11.4 Å². The van der Waals surface area contributed by atoms with Crippen molar-refractivity contribution in [3.63, 3.8) is 0 Å². The molecule has 0 aliphatic carbocycles. The highest BCUT2D eigenvalue weighted by Gasteiger charge is 2.22. The van der Waals surface area contributed by atoms with E-state index in [2.05, 4.69) is 21.2 Å². The number of benzene rings is 1. The highest BCUT2D eigenvalue weighted by molar-refractivity contribution is 9.10. The van der Waals surface area contributed by atoms with E-state index >= 15 is 0 Å². The molecule has 1 heterocycles. The molecule has 0 atom stereocenters. The number of ether oxygens (including phenoxy) is 2. The molecule has 20 heavy (non-hydrogen) atoms. The van der Waals surface area contributed by atoms with Gasteiger partial charge in [-0.3, -0.25) is 0 Å². The van der Waals surface area contributed by atoms with E-state index in [1.807, 2.05) is 20.8 Å². The number of halogens is 2. The predicted molar refractivity (Wildman–Crippen MR) is 81.4 cm³/mol. The zero-order valence-electron chi connectivity index (χ0n) is 11.7. The Hall–Kier alpha value is -0.940. The standard InChI is InChI=1S/C14H17BrClNO3/c1-14(2,3)20-13(18)17-7-8-6-10(16)12-9(11(8)15)4-5-19-12/h6H,4-5,7H2,1-3H3,(H,17,18). The van der Waals surface area contributed by atoms with Crippen molar-refractivity contribution in [2.45, 2.75) is 39.3 Å². The predicted octanol–water partition coefficient (Wildman–Crippen LogP) is 4.06. The van der Waals surface area contributed by atoms with Gasteiger partial charge >= 0.3 is 6.09 Å². The number of carbonyl (C=O) groups is 1. The Morgan fingerprint density at radius 2 is 2.25 bits per heavy atom. The lowest BCUT2D eigenvalue weighted by molar-refractivity contribution is 0.0523. The van der Waals surface area contributed by atoms with Crippen molar-refractivity contribution in [1.82, 2.24) is 5.32 Å². The van der Waals surface area contributed by atoms with Crippen molar-refractivity contribution in [2.24, 2.45) is 0 Å². The molecular formula is C14H17BrClNO3. The van der Waals surface area contributed by atoms with Crippen LogP contribution in [0.2, 0.25) is 5.02 Å². The second-order valence-corrected chi connectivity index (χ2v) is 6.79. The molecule has 4 nitrogen and oxygen atoms in total. The molecule has 1 aromatic carbocycles. The summed E-state index contributed by atoms with van der Waals surface area (Å²) in [7, 11) is 0. The summed E-state index contributed by atoms with van der Waals surface area (Å²) in [5.74, 6) is 0.736. The highest BCUT2D eigenvalue weighted by atomic mass is 79.9. The molecule has 1 N–H and O–H groups in total. The molecule has 0 saturated carbocycles. The first kappa shape index (κ1) is 15.4. The third-order valence-corrected chi connectivity index (χ3v) is 4.03. The number of alkyl carbamates (subject to hydrolysis) is 1. The topological polar surface area (TPSA) is 47.6 Å². The van der Waals surface area contributed by atoms with Crippen molar-refractivity contribution in [3.05, 3.63) is 26.7 Å². The largest absolute Gasteiger partial charge is 0.491 e. The van der Waals surface area contributed by atoms with Crippen LogP contribution in [-0.4, -0.2) is 18.3 Å². The van der Waals surface area contributed by atoms with Crippen LogP contribution in [0.5, 0.6) is 5.75 Å². The number of nitrogens with one attached hydrogen (secondary N) is 1. The van der Waals surface area contributed by atoms with Gasteiger partial charge in [-0.25, -0.2) is 4.79 Å². The van der Waals surface area contributed by atoms with Gasteiger partial charge in [0.2, 0.25) is 0 Å². The molecule has 0 saturated heterocycles. The zero-order chi connectivity index (χ0) is 14.9. The smallest absolute Gasteiger partial charge is 0.407 e. The van der Waals surface area contributed by atoms with E-state index < -0.39 is 11.7 Å². The maximum absolute atomic E-state index is 11.7. The lowest BCUT2D eigenvalue weighted by Crippen LogP contribution is -2.32. The van der Waals surface area contributed by atoms with E-state index in [4.69, 9.17) is 21.1 Å². The third kappa shape index (κ3) is 3.58. The van der Waals surface area contributed by atoms with E-state index in [9.17, 15) is 4.79 Å². The molecule has 0 radical (unpaired) electrons. The Bertz CT molecular complexity index is 540. The fraction of sp³-hybridized carbons (Fsp3) is 0.500. The Balaban J connectivity index is 2.08. The van der Waals surface area contributed by atoms with Crippen LogP contribution in [0.1, 0.15) is 31.9 Å². The molecule has 2 rings (SSSR count). The summed E-state index contributed by atoms with van der Waals surface area (Å²) in [5.41, 5.74) is 1.45. The second-order valence-electron chi connectivity index (χ2n) is 5.59. The lowest BCUT2D eigenvalue weighted by Gasteiger charge is -2.20. The Labute approximate surface area is 131 Å². The summed E-state index contributed by atoms with van der Waals surface area (Å²) in [6.07, 6.45) is 0.368. The van der Waals surface area contributed by atoms with Crippen LogP contribution in [0.3, 0.4) is 0 Å². The molecule has 0 aromatic heterocycles. The first-order valence-corrected chi connectivity index (χ1v) is 7.54. The quantitative estimate of drug-likeness (QED) is 0.863. The van der Waals surface area contributed by atoms with Crippen LogP contribution >= 0.6 is 27.5 Å². The van der Waals surface area contributed by atoms with Crippen LogP contribution in [0.25, 0.3) is 0 Å². The molecule has 1 aliphatic rings. The van der Waals surface area contributed by atoms with Crippen molar-refractivity contribution in [2.75, 3.05) is 6.61 Å². The average Bonchev–Trinajstić information content (AvgIpc) is 2.79. The fourth-order valence-corrected chi connectivity index (χ4v) is 2.90. The van der Waals surface area contributed by atoms with Crippen LogP contribution in [-0.2, 0) is 17.7 Å². The minimum absolute atomic E-state index is 0.350. The summed E-state index contributed by atoms with van der Waals surface area (Å²) >= 11 is 9.73. The van der Waals surface area contributed by atoms with E-state index in [-0.39, 0.29) is 0 Å². The van der Waals surface area contributed by atoms with Gasteiger partial charge in [0, 0.05) is 23.0 Å². The number of amides is 1. The molecule has 0 bridgehead atoms. The Kier molecular flexibility index (Phi) is 4.49. The first-order valence-electron chi connectivity index (χ1n) is 6.37. The van der Waals surface area contributed by atoms with Crippen LogP contribution < -0.4 is 10.1 Å². The van der Waals surface area contributed by atoms with Gasteiger partial charge in [0.05, 0.1) is 11.6 Å². The van der Waals surface area contributed by atoms with Gasteiger partial charge in [-0.15, -0.1) is 0 Å². The summed E-state index contributed by atoms with van der Waals surface area (Å²) in [5, 5.41) is 3.30. The zero-order valence-corrected chi connectivity index (χ0v) is 14.0. The molecule has 1 amide bonds. The normalized spacial score (nSPS) is 13.7. The van der Waals surface area contributed by atoms with Gasteiger partial charge < -0.3 is 14.8 Å². The number of carbonyl (C=O) groups excluding carboxylic acids is 1. The SMILES string of the molecule is CC(C)(C)OC(=O)NCc1cc(Cl)c2c(c1Br)CCO2. The van der Waals surface area contributed by atoms with E-state index in [0.29, 0.717) is 18.2 Å². The minimum atomic E-state index is -0.509. The second kappa shape index (κ2) is 5.82. The number of hydrogen-bond acceptors (Lipinski definition) is 3. The number of hydrogen-bond donors (Lipinski definition) is 1. The third-order valence-electron chi connectivity index (χ3n) is 2.76. The molecule has 1 aliphatic heterocycles. The van der Waals surface area contributed by atoms with Gasteiger partial charge in [0.25, 0.3) is 0 Å². The molecule has 0 unspecified atom stereocenters. The summed E-state index contributed by atoms with van der Waals surface area (Å²) in [6.45, 7) is 6.46. The monoisotopic (exact) mass is 361 g/mol. The molecule has 0 fully saturated rings. The average molecular weight is 363 g/mol. The minimum Gasteiger partial charge on any atom is -0.491 e. The number of fused-ring (bicyclic) bond motifs is 1. The van der Waals surface area contributed by atoms with Crippen LogP contribution in [0.15, 0.2) is 10.5 Å². The number of rotatable bonds is 2. The summed E-state index contributed by atoms with van der Waals surface area (Å²) in [4.78, 5) is 11.7. The summed E-state index contributed by atoms with van der Waals surface area (Å²) in [6, 6.07) is 1.80. The van der Waals surface area contributed by atoms with Crippen LogP contribution in [0, 0.1) is 0 Å². The van der Waals surface area contributed by atoms with Crippen molar-refractivity contribution < 1.29 is 14.3 Å². The van der Waals surface area contributed by atoms with Gasteiger partial charge in [0.15, 0.2) is 0 Å². The Morgan fingerprint density at radius 3 is 2.90 bits per heavy atom. The highest BCUT2D eigenvalue weighted by Crippen LogP contribution is 2.40. The maximum atomic E-state index is 11.7. The van der Waals surface area contributed by atoms with E-state index in [1.165, 1.54) is 0 Å². The molecule has 110 valence electrons. The van der Waals surface area contributed by atoms with Gasteiger partial charge in [-0.05, 0) is 32.4 Å². The molecular weight excluding hydrogens is 346 g/mol. The molecule has 6 heteroatoms. The van der Waals surface area contributed by atoms with Crippen molar-refractivity contribution >= 4 is 33.6 Å². The Morgan fingerprint density at radius 1 is 1.55 bits per heavy atom. The molecule has 0 spiro atoms. The van der Waals surface area contributed by atoms with Gasteiger partial charge in [-0.2, -0.15) is 0 Å². The summed E-state index contributed by atoms with van der Waals surface area (Å²) < 4.78 is 11.6. The van der Waals surface area contributed by atoms with Gasteiger partial charge in [-0.1, -0.05) is 27.5 Å².